The highest BCUT2D eigenvalue weighted by molar-refractivity contribution is 5.08. The Morgan fingerprint density at radius 2 is 2.24 bits per heavy atom. The molecule has 1 saturated carbocycles. The highest BCUT2D eigenvalue weighted by Gasteiger charge is 2.25. The van der Waals surface area contributed by atoms with Gasteiger partial charge in [-0.25, -0.2) is 4.98 Å². The minimum absolute atomic E-state index is 0.755. The third-order valence-corrected chi connectivity index (χ3v) is 4.21. The molecule has 1 fully saturated rings. The van der Waals surface area contributed by atoms with Crippen LogP contribution in [0.1, 0.15) is 44.0 Å². The van der Waals surface area contributed by atoms with E-state index < -0.39 is 0 Å². The zero-order valence-corrected chi connectivity index (χ0v) is 11.4. The van der Waals surface area contributed by atoms with Crippen molar-refractivity contribution in [3.8, 4) is 0 Å². The molecule has 2 unspecified atom stereocenters. The van der Waals surface area contributed by atoms with Crippen molar-refractivity contribution >= 4 is 0 Å². The molecule has 3 heteroatoms. The lowest BCUT2D eigenvalue weighted by molar-refractivity contribution is 0.365. The van der Waals surface area contributed by atoms with Crippen LogP contribution in [0.4, 0.5) is 0 Å². The average Bonchev–Trinajstić information content (AvgIpc) is 2.87. The average molecular weight is 235 g/mol. The van der Waals surface area contributed by atoms with Crippen molar-refractivity contribution in [3.05, 3.63) is 17.7 Å². The van der Waals surface area contributed by atoms with E-state index in [-0.39, 0.29) is 0 Å². The molecular formula is C14H25N3. The predicted molar refractivity (Wildman–Crippen MR) is 71.1 cm³/mol. The van der Waals surface area contributed by atoms with Crippen LogP contribution in [-0.2, 0) is 6.54 Å². The van der Waals surface area contributed by atoms with Crippen LogP contribution in [0, 0.1) is 19.8 Å². The molecule has 1 aromatic heterocycles. The molecule has 96 valence electrons. The number of nitrogens with zero attached hydrogens (tertiary/aromatic N) is 2. The molecule has 1 aliphatic rings. The van der Waals surface area contributed by atoms with Crippen molar-refractivity contribution in [2.75, 3.05) is 6.54 Å². The van der Waals surface area contributed by atoms with Crippen LogP contribution in [0.15, 0.2) is 6.33 Å². The van der Waals surface area contributed by atoms with Crippen LogP contribution in [0.25, 0.3) is 0 Å². The van der Waals surface area contributed by atoms with Crippen molar-refractivity contribution in [1.82, 2.24) is 14.9 Å². The van der Waals surface area contributed by atoms with E-state index in [1.54, 1.807) is 0 Å². The Hall–Kier alpha value is -0.830. The fourth-order valence-corrected chi connectivity index (χ4v) is 2.99. The molecule has 0 saturated heterocycles. The first-order chi connectivity index (χ1) is 8.22. The van der Waals surface area contributed by atoms with Gasteiger partial charge in [-0.15, -0.1) is 0 Å². The van der Waals surface area contributed by atoms with Gasteiger partial charge in [0.05, 0.1) is 12.0 Å². The van der Waals surface area contributed by atoms with Gasteiger partial charge < -0.3 is 9.88 Å². The summed E-state index contributed by atoms with van der Waals surface area (Å²) in [6.07, 6.45) is 7.42. The molecule has 1 N–H and O–H groups in total. The first-order valence-corrected chi connectivity index (χ1v) is 6.94. The summed E-state index contributed by atoms with van der Waals surface area (Å²) in [5.41, 5.74) is 2.49. The maximum atomic E-state index is 4.36. The topological polar surface area (TPSA) is 29.9 Å². The third-order valence-electron chi connectivity index (χ3n) is 4.21. The highest BCUT2D eigenvalue weighted by atomic mass is 15.0. The molecule has 0 aliphatic heterocycles. The van der Waals surface area contributed by atoms with Crippen molar-refractivity contribution in [2.24, 2.45) is 5.92 Å². The Kier molecular flexibility index (Phi) is 4.21. The lowest BCUT2D eigenvalue weighted by Crippen LogP contribution is -2.32. The minimum Gasteiger partial charge on any atom is -0.335 e. The number of nitrogens with one attached hydrogen (secondary N) is 1. The SMILES string of the molecule is CCNC1CCCC1CCn1cnc(C)c1C. The fraction of sp³-hybridized carbons (Fsp3) is 0.786. The van der Waals surface area contributed by atoms with Crippen LogP contribution in [0.2, 0.25) is 0 Å². The van der Waals surface area contributed by atoms with Gasteiger partial charge in [-0.1, -0.05) is 13.3 Å². The van der Waals surface area contributed by atoms with Gasteiger partial charge in [0.25, 0.3) is 0 Å². The quantitative estimate of drug-likeness (QED) is 0.850. The second kappa shape index (κ2) is 5.67. The van der Waals surface area contributed by atoms with Gasteiger partial charge in [0, 0.05) is 18.3 Å². The Balaban J connectivity index is 1.87. The van der Waals surface area contributed by atoms with Crippen molar-refractivity contribution in [2.45, 2.75) is 59.0 Å². The van der Waals surface area contributed by atoms with Crippen LogP contribution < -0.4 is 5.32 Å². The predicted octanol–water partition coefficient (Wildman–Crippen LogP) is 2.67. The summed E-state index contributed by atoms with van der Waals surface area (Å²) < 4.78 is 2.30. The summed E-state index contributed by atoms with van der Waals surface area (Å²) in [5.74, 6) is 0.858. The van der Waals surface area contributed by atoms with Crippen LogP contribution in [0.3, 0.4) is 0 Å². The number of rotatable bonds is 5. The third kappa shape index (κ3) is 2.89. The number of hydrogen-bond acceptors (Lipinski definition) is 2. The zero-order valence-electron chi connectivity index (χ0n) is 11.4. The summed E-state index contributed by atoms with van der Waals surface area (Å²) in [7, 11) is 0. The lowest BCUT2D eigenvalue weighted by Gasteiger charge is -2.20. The second-order valence-electron chi connectivity index (χ2n) is 5.25. The Bertz CT molecular complexity index is 356. The summed E-state index contributed by atoms with van der Waals surface area (Å²) in [5, 5.41) is 3.63. The number of imidazole rings is 1. The summed E-state index contributed by atoms with van der Waals surface area (Å²) in [6, 6.07) is 0.755. The minimum atomic E-state index is 0.755. The number of hydrogen-bond donors (Lipinski definition) is 1. The van der Waals surface area contributed by atoms with E-state index in [1.807, 2.05) is 6.33 Å². The molecule has 2 rings (SSSR count). The van der Waals surface area contributed by atoms with E-state index in [9.17, 15) is 0 Å². The Morgan fingerprint density at radius 1 is 1.41 bits per heavy atom. The maximum Gasteiger partial charge on any atom is 0.0951 e. The zero-order chi connectivity index (χ0) is 12.3. The lowest BCUT2D eigenvalue weighted by atomic mass is 9.99. The number of aryl methyl sites for hydroxylation is 2. The van der Waals surface area contributed by atoms with Gasteiger partial charge in [-0.3, -0.25) is 0 Å². The van der Waals surface area contributed by atoms with E-state index >= 15 is 0 Å². The number of aromatic nitrogens is 2. The van der Waals surface area contributed by atoms with Gasteiger partial charge in [0.15, 0.2) is 0 Å². The van der Waals surface area contributed by atoms with E-state index in [0.717, 1.165) is 25.0 Å². The summed E-state index contributed by atoms with van der Waals surface area (Å²) >= 11 is 0. The highest BCUT2D eigenvalue weighted by Crippen LogP contribution is 2.29. The summed E-state index contributed by atoms with van der Waals surface area (Å²) in [4.78, 5) is 4.36. The smallest absolute Gasteiger partial charge is 0.0951 e. The molecule has 1 aliphatic carbocycles. The van der Waals surface area contributed by atoms with Crippen LogP contribution in [0.5, 0.6) is 0 Å². The van der Waals surface area contributed by atoms with Crippen molar-refractivity contribution in [3.63, 3.8) is 0 Å². The van der Waals surface area contributed by atoms with Crippen molar-refractivity contribution in [1.29, 1.82) is 0 Å². The molecule has 1 heterocycles. The van der Waals surface area contributed by atoms with Gasteiger partial charge in [0.1, 0.15) is 0 Å². The van der Waals surface area contributed by atoms with E-state index in [4.69, 9.17) is 0 Å². The largest absolute Gasteiger partial charge is 0.335 e. The van der Waals surface area contributed by atoms with E-state index in [1.165, 1.54) is 37.1 Å². The molecule has 0 radical (unpaired) electrons. The van der Waals surface area contributed by atoms with Crippen molar-refractivity contribution < 1.29 is 0 Å². The maximum absolute atomic E-state index is 4.36. The first-order valence-electron chi connectivity index (χ1n) is 6.94. The van der Waals surface area contributed by atoms with Crippen LogP contribution in [-0.4, -0.2) is 22.1 Å². The molecule has 1 aromatic rings. The van der Waals surface area contributed by atoms with Gasteiger partial charge in [-0.2, -0.15) is 0 Å². The van der Waals surface area contributed by atoms with Gasteiger partial charge in [0.2, 0.25) is 0 Å². The monoisotopic (exact) mass is 235 g/mol. The standard InChI is InChI=1S/C14H25N3/c1-4-15-14-7-5-6-13(14)8-9-17-10-16-11(2)12(17)3/h10,13-15H,4-9H2,1-3H3. The molecule has 2 atom stereocenters. The molecule has 0 aromatic carbocycles. The van der Waals surface area contributed by atoms with E-state index in [2.05, 4.69) is 35.6 Å². The Labute approximate surface area is 105 Å². The molecule has 0 spiro atoms. The molecular weight excluding hydrogens is 210 g/mol. The molecule has 0 bridgehead atoms. The molecule has 17 heavy (non-hydrogen) atoms. The van der Waals surface area contributed by atoms with E-state index in [0.29, 0.717) is 0 Å². The normalized spacial score (nSPS) is 24.4. The van der Waals surface area contributed by atoms with Gasteiger partial charge >= 0.3 is 0 Å². The second-order valence-corrected chi connectivity index (χ2v) is 5.25. The van der Waals surface area contributed by atoms with Crippen LogP contribution >= 0.6 is 0 Å². The van der Waals surface area contributed by atoms with Gasteiger partial charge in [-0.05, 0) is 45.6 Å². The summed E-state index contributed by atoms with van der Waals surface area (Å²) in [6.45, 7) is 8.68. The molecule has 0 amide bonds. The molecule has 3 nitrogen and oxygen atoms in total. The first kappa shape index (κ1) is 12.6. The fourth-order valence-electron chi connectivity index (χ4n) is 2.99. The Morgan fingerprint density at radius 3 is 2.88 bits per heavy atom.